The Morgan fingerprint density at radius 1 is 1.25 bits per heavy atom. The van der Waals surface area contributed by atoms with E-state index in [1.807, 2.05) is 6.07 Å². The van der Waals surface area contributed by atoms with Crippen molar-refractivity contribution in [2.75, 3.05) is 13.2 Å². The summed E-state index contributed by atoms with van der Waals surface area (Å²) in [6.07, 6.45) is 0.911. The average Bonchev–Trinajstić information content (AvgIpc) is 2.48. The molecule has 1 aromatic carbocycles. The molecule has 0 radical (unpaired) electrons. The van der Waals surface area contributed by atoms with E-state index in [1.165, 1.54) is 0 Å². The highest BCUT2D eigenvalue weighted by atomic mass is 28.4. The van der Waals surface area contributed by atoms with Crippen molar-refractivity contribution in [1.29, 1.82) is 0 Å². The summed E-state index contributed by atoms with van der Waals surface area (Å²) in [5.74, 6) is -0.759. The second-order valence-corrected chi connectivity index (χ2v) is 12.5. The van der Waals surface area contributed by atoms with Gasteiger partial charge in [-0.05, 0) is 30.1 Å². The maximum Gasteiger partial charge on any atom is 0.217 e. The lowest BCUT2D eigenvalue weighted by atomic mass is 9.92. The van der Waals surface area contributed by atoms with E-state index in [1.54, 1.807) is 24.3 Å². The molecule has 1 atom stereocenters. The standard InChI is InChI=1S/C18H29NO4Si/c1-18(2,3)24(4,5)23-13-9-12-17(20)16(14-19(21)22)15-10-7-6-8-11-15/h6-8,10-11,16H,9,12-14H2,1-5H3/t16-/m0/s1. The molecule has 0 fully saturated rings. The van der Waals surface area contributed by atoms with E-state index >= 15 is 0 Å². The first-order valence-corrected chi connectivity index (χ1v) is 11.3. The summed E-state index contributed by atoms with van der Waals surface area (Å²) >= 11 is 0. The second kappa shape index (κ2) is 8.53. The number of nitro groups is 1. The number of nitrogens with zero attached hydrogens (tertiary/aromatic N) is 1. The minimum atomic E-state index is -1.81. The fraction of sp³-hybridized carbons (Fsp3) is 0.611. The van der Waals surface area contributed by atoms with Gasteiger partial charge in [-0.15, -0.1) is 0 Å². The van der Waals surface area contributed by atoms with Gasteiger partial charge in [-0.3, -0.25) is 14.9 Å². The minimum absolute atomic E-state index is 0.0864. The Balaban J connectivity index is 2.59. The molecule has 0 aliphatic heterocycles. The van der Waals surface area contributed by atoms with Crippen LogP contribution in [0.3, 0.4) is 0 Å². The molecule has 134 valence electrons. The van der Waals surface area contributed by atoms with Gasteiger partial charge in [-0.2, -0.15) is 0 Å². The highest BCUT2D eigenvalue weighted by Crippen LogP contribution is 2.36. The lowest BCUT2D eigenvalue weighted by Gasteiger charge is -2.36. The Morgan fingerprint density at radius 3 is 2.33 bits per heavy atom. The van der Waals surface area contributed by atoms with E-state index in [-0.39, 0.29) is 17.4 Å². The van der Waals surface area contributed by atoms with Crippen LogP contribution in [0.15, 0.2) is 30.3 Å². The lowest BCUT2D eigenvalue weighted by molar-refractivity contribution is -0.481. The van der Waals surface area contributed by atoms with E-state index < -0.39 is 19.2 Å². The van der Waals surface area contributed by atoms with Crippen LogP contribution < -0.4 is 0 Å². The van der Waals surface area contributed by atoms with Gasteiger partial charge in [0.05, 0.1) is 0 Å². The van der Waals surface area contributed by atoms with Crippen LogP contribution in [-0.4, -0.2) is 32.2 Å². The van der Waals surface area contributed by atoms with Gasteiger partial charge in [0.2, 0.25) is 6.54 Å². The van der Waals surface area contributed by atoms with Gasteiger partial charge in [0, 0.05) is 18.0 Å². The summed E-state index contributed by atoms with van der Waals surface area (Å²) in [4.78, 5) is 22.9. The van der Waals surface area contributed by atoms with Crippen LogP contribution in [0, 0.1) is 10.1 Å². The number of benzene rings is 1. The molecule has 0 heterocycles. The molecule has 6 heteroatoms. The highest BCUT2D eigenvalue weighted by molar-refractivity contribution is 6.74. The van der Waals surface area contributed by atoms with Gasteiger partial charge < -0.3 is 4.43 Å². The molecule has 0 saturated carbocycles. The first kappa shape index (κ1) is 20.5. The first-order valence-electron chi connectivity index (χ1n) is 8.38. The molecule has 0 amide bonds. The van der Waals surface area contributed by atoms with Crippen molar-refractivity contribution in [1.82, 2.24) is 0 Å². The molecular formula is C18H29NO4Si. The molecule has 0 unspecified atom stereocenters. The molecule has 0 N–H and O–H groups in total. The Bertz CT molecular complexity index is 552. The van der Waals surface area contributed by atoms with Crippen molar-refractivity contribution in [2.45, 2.75) is 57.7 Å². The monoisotopic (exact) mass is 351 g/mol. The summed E-state index contributed by atoms with van der Waals surface area (Å²) in [5, 5.41) is 11.0. The topological polar surface area (TPSA) is 69.4 Å². The van der Waals surface area contributed by atoms with Gasteiger partial charge >= 0.3 is 0 Å². The van der Waals surface area contributed by atoms with E-state index in [0.717, 1.165) is 0 Å². The number of rotatable bonds is 9. The molecule has 0 spiro atoms. The van der Waals surface area contributed by atoms with E-state index in [9.17, 15) is 14.9 Å². The molecule has 1 rings (SSSR count). The molecular weight excluding hydrogens is 322 g/mol. The maximum absolute atomic E-state index is 12.5. The van der Waals surface area contributed by atoms with Gasteiger partial charge in [0.15, 0.2) is 8.32 Å². The zero-order chi connectivity index (χ0) is 18.4. The Kier molecular flexibility index (Phi) is 7.29. The normalized spacial score (nSPS) is 13.5. The fourth-order valence-electron chi connectivity index (χ4n) is 2.19. The molecule has 0 aliphatic rings. The second-order valence-electron chi connectivity index (χ2n) is 7.66. The van der Waals surface area contributed by atoms with Gasteiger partial charge in [-0.1, -0.05) is 51.1 Å². The third kappa shape index (κ3) is 6.17. The number of hydrogen-bond donors (Lipinski definition) is 0. The summed E-state index contributed by atoms with van der Waals surface area (Å²) in [6.45, 7) is 11.0. The Morgan fingerprint density at radius 2 is 1.83 bits per heavy atom. The zero-order valence-corrected chi connectivity index (χ0v) is 16.4. The average molecular weight is 352 g/mol. The Hall–Kier alpha value is -1.53. The van der Waals surface area contributed by atoms with E-state index in [2.05, 4.69) is 33.9 Å². The van der Waals surface area contributed by atoms with Crippen molar-refractivity contribution in [3.05, 3.63) is 46.0 Å². The zero-order valence-electron chi connectivity index (χ0n) is 15.4. The summed E-state index contributed by atoms with van der Waals surface area (Å²) in [5.41, 5.74) is 0.713. The molecule has 0 aromatic heterocycles. The first-order chi connectivity index (χ1) is 11.0. The van der Waals surface area contributed by atoms with Crippen LogP contribution in [0.4, 0.5) is 0 Å². The largest absolute Gasteiger partial charge is 0.417 e. The van der Waals surface area contributed by atoms with Crippen LogP contribution in [0.5, 0.6) is 0 Å². The Labute approximate surface area is 145 Å². The van der Waals surface area contributed by atoms with Crippen molar-refractivity contribution >= 4 is 14.1 Å². The van der Waals surface area contributed by atoms with Crippen molar-refractivity contribution in [2.24, 2.45) is 0 Å². The van der Waals surface area contributed by atoms with Crippen LogP contribution in [0.2, 0.25) is 18.1 Å². The van der Waals surface area contributed by atoms with E-state index in [0.29, 0.717) is 25.0 Å². The quantitative estimate of drug-likeness (QED) is 0.286. The van der Waals surface area contributed by atoms with E-state index in [4.69, 9.17) is 4.43 Å². The smallest absolute Gasteiger partial charge is 0.217 e. The van der Waals surface area contributed by atoms with Crippen LogP contribution in [0.25, 0.3) is 0 Å². The summed E-state index contributed by atoms with van der Waals surface area (Å²) in [7, 11) is -1.81. The van der Waals surface area contributed by atoms with Crippen molar-refractivity contribution < 1.29 is 14.1 Å². The van der Waals surface area contributed by atoms with Crippen LogP contribution >= 0.6 is 0 Å². The SMILES string of the molecule is CC(C)(C)[Si](C)(C)OCCCC(=O)[C@@H](C[N+](=O)[O-])c1ccccc1. The third-order valence-electron chi connectivity index (χ3n) is 4.76. The van der Waals surface area contributed by atoms with Crippen molar-refractivity contribution in [3.8, 4) is 0 Å². The van der Waals surface area contributed by atoms with Gasteiger partial charge in [0.1, 0.15) is 11.7 Å². The third-order valence-corrected chi connectivity index (χ3v) is 9.30. The number of carbonyl (C=O) groups excluding carboxylic acids is 1. The van der Waals surface area contributed by atoms with Crippen molar-refractivity contribution in [3.63, 3.8) is 0 Å². The molecule has 5 nitrogen and oxygen atoms in total. The molecule has 0 saturated heterocycles. The van der Waals surface area contributed by atoms with Crippen LogP contribution in [0.1, 0.15) is 45.1 Å². The van der Waals surface area contributed by atoms with Crippen LogP contribution in [-0.2, 0) is 9.22 Å². The fourth-order valence-corrected chi connectivity index (χ4v) is 3.28. The predicted molar refractivity (Wildman–Crippen MR) is 98.4 cm³/mol. The summed E-state index contributed by atoms with van der Waals surface area (Å²) in [6, 6.07) is 8.99. The number of carbonyl (C=O) groups is 1. The molecule has 1 aromatic rings. The number of hydrogen-bond acceptors (Lipinski definition) is 4. The van der Waals surface area contributed by atoms with Gasteiger partial charge in [0.25, 0.3) is 0 Å². The predicted octanol–water partition coefficient (Wildman–Crippen LogP) is 4.42. The van der Waals surface area contributed by atoms with Gasteiger partial charge in [-0.25, -0.2) is 0 Å². The number of Topliss-reactive ketones (excluding diaryl/α,β-unsaturated/α-hetero) is 1. The highest BCUT2D eigenvalue weighted by Gasteiger charge is 2.37. The summed E-state index contributed by atoms with van der Waals surface area (Å²) < 4.78 is 6.06. The lowest BCUT2D eigenvalue weighted by Crippen LogP contribution is -2.41. The number of ketones is 1. The molecule has 24 heavy (non-hydrogen) atoms. The molecule has 0 bridgehead atoms. The minimum Gasteiger partial charge on any atom is -0.417 e. The molecule has 0 aliphatic carbocycles. The maximum atomic E-state index is 12.5.